The number of amides is 1. The van der Waals surface area contributed by atoms with Crippen LogP contribution in [-0.4, -0.2) is 43.0 Å². The first-order chi connectivity index (χ1) is 9.61. The van der Waals surface area contributed by atoms with Crippen LogP contribution in [0.5, 0.6) is 0 Å². The van der Waals surface area contributed by atoms with Crippen LogP contribution in [0, 0.1) is 0 Å². The predicted octanol–water partition coefficient (Wildman–Crippen LogP) is 2.12. The van der Waals surface area contributed by atoms with Crippen molar-refractivity contribution in [1.29, 1.82) is 0 Å². The third kappa shape index (κ3) is 3.64. The molecule has 4 nitrogen and oxygen atoms in total. The largest absolute Gasteiger partial charge is 0.368 e. The Morgan fingerprint density at radius 3 is 2.65 bits per heavy atom. The number of carbonyl (C=O) groups is 1. The second-order valence-electron chi connectivity index (χ2n) is 5.19. The second kappa shape index (κ2) is 6.95. The molecule has 1 fully saturated rings. The van der Waals surface area contributed by atoms with Crippen LogP contribution in [0.2, 0.25) is 5.02 Å². The van der Waals surface area contributed by atoms with Crippen molar-refractivity contribution in [2.75, 3.05) is 31.1 Å². The summed E-state index contributed by atoms with van der Waals surface area (Å²) in [6.45, 7) is 5.14. The van der Waals surface area contributed by atoms with Gasteiger partial charge in [0.25, 0.3) is 0 Å². The molecule has 1 aliphatic rings. The summed E-state index contributed by atoms with van der Waals surface area (Å²) < 4.78 is 0. The molecule has 1 amide bonds. The maximum absolute atomic E-state index is 12.1. The third-order valence-corrected chi connectivity index (χ3v) is 3.92. The van der Waals surface area contributed by atoms with Crippen molar-refractivity contribution in [3.05, 3.63) is 29.3 Å². The molecule has 5 heteroatoms. The number of anilines is 1. The zero-order chi connectivity index (χ0) is 14.5. The van der Waals surface area contributed by atoms with Gasteiger partial charge in [-0.2, -0.15) is 0 Å². The smallest absolute Gasteiger partial charge is 0.239 e. The van der Waals surface area contributed by atoms with Crippen LogP contribution < -0.4 is 10.6 Å². The highest BCUT2D eigenvalue weighted by Crippen LogP contribution is 2.21. The molecular weight excluding hydrogens is 274 g/mol. The molecule has 0 aromatic heterocycles. The fraction of sp³-hybridized carbons (Fsp3) is 0.533. The molecular formula is C15H22ClN3O. The van der Waals surface area contributed by atoms with Crippen LogP contribution in [0.3, 0.4) is 0 Å². The van der Waals surface area contributed by atoms with Crippen molar-refractivity contribution in [3.63, 3.8) is 0 Å². The summed E-state index contributed by atoms with van der Waals surface area (Å²) >= 11 is 6.01. The van der Waals surface area contributed by atoms with Gasteiger partial charge in [0, 0.05) is 36.9 Å². The Morgan fingerprint density at radius 2 is 2.05 bits per heavy atom. The highest BCUT2D eigenvalue weighted by atomic mass is 35.5. The minimum absolute atomic E-state index is 0.0811. The lowest BCUT2D eigenvalue weighted by Gasteiger charge is -2.37. The van der Waals surface area contributed by atoms with Gasteiger partial charge in [0.05, 0.1) is 6.04 Å². The van der Waals surface area contributed by atoms with Crippen molar-refractivity contribution in [2.24, 2.45) is 5.73 Å². The molecule has 1 aromatic carbocycles. The van der Waals surface area contributed by atoms with E-state index < -0.39 is 0 Å². The average molecular weight is 296 g/mol. The number of carbonyl (C=O) groups excluding carboxylic acids is 1. The average Bonchev–Trinajstić information content (AvgIpc) is 2.47. The van der Waals surface area contributed by atoms with Gasteiger partial charge >= 0.3 is 0 Å². The van der Waals surface area contributed by atoms with Crippen LogP contribution >= 0.6 is 11.6 Å². The highest BCUT2D eigenvalue weighted by Gasteiger charge is 2.24. The van der Waals surface area contributed by atoms with E-state index in [2.05, 4.69) is 4.90 Å². The molecule has 1 saturated heterocycles. The van der Waals surface area contributed by atoms with Gasteiger partial charge in [0.15, 0.2) is 0 Å². The molecule has 0 saturated carbocycles. The molecule has 20 heavy (non-hydrogen) atoms. The molecule has 1 heterocycles. The number of benzene rings is 1. The van der Waals surface area contributed by atoms with Crippen LogP contribution in [0.25, 0.3) is 0 Å². The van der Waals surface area contributed by atoms with E-state index in [-0.39, 0.29) is 11.9 Å². The Hall–Kier alpha value is -1.26. The molecule has 1 atom stereocenters. The van der Waals surface area contributed by atoms with Gasteiger partial charge in [-0.1, -0.05) is 31.0 Å². The number of piperazine rings is 1. The highest BCUT2D eigenvalue weighted by molar-refractivity contribution is 6.30. The lowest BCUT2D eigenvalue weighted by atomic mass is 10.1. The monoisotopic (exact) mass is 295 g/mol. The summed E-state index contributed by atoms with van der Waals surface area (Å²) in [6, 6.07) is 7.48. The Morgan fingerprint density at radius 1 is 1.35 bits per heavy atom. The van der Waals surface area contributed by atoms with Gasteiger partial charge in [-0.15, -0.1) is 0 Å². The molecule has 0 aliphatic carbocycles. The van der Waals surface area contributed by atoms with E-state index in [0.717, 1.165) is 49.7 Å². The van der Waals surface area contributed by atoms with Crippen LogP contribution in [0.4, 0.5) is 5.69 Å². The third-order valence-electron chi connectivity index (χ3n) is 3.68. The van der Waals surface area contributed by atoms with Crippen molar-refractivity contribution < 1.29 is 4.79 Å². The minimum Gasteiger partial charge on any atom is -0.368 e. The van der Waals surface area contributed by atoms with E-state index >= 15 is 0 Å². The lowest BCUT2D eigenvalue weighted by Crippen LogP contribution is -2.53. The first-order valence-electron chi connectivity index (χ1n) is 7.16. The van der Waals surface area contributed by atoms with Crippen LogP contribution in [-0.2, 0) is 4.79 Å². The maximum atomic E-state index is 12.1. The Kier molecular flexibility index (Phi) is 5.26. The van der Waals surface area contributed by atoms with E-state index in [1.165, 1.54) is 0 Å². The Balaban J connectivity index is 1.91. The summed E-state index contributed by atoms with van der Waals surface area (Å²) in [5, 5.41) is 0.742. The van der Waals surface area contributed by atoms with Gasteiger partial charge in [-0.25, -0.2) is 0 Å². The maximum Gasteiger partial charge on any atom is 0.239 e. The molecule has 2 rings (SSSR count). The minimum atomic E-state index is -0.349. The fourth-order valence-electron chi connectivity index (χ4n) is 2.53. The summed E-state index contributed by atoms with van der Waals surface area (Å²) in [4.78, 5) is 16.3. The first-order valence-corrected chi connectivity index (χ1v) is 7.54. The summed E-state index contributed by atoms with van der Waals surface area (Å²) in [5.41, 5.74) is 7.02. The first kappa shape index (κ1) is 15.1. The summed E-state index contributed by atoms with van der Waals surface area (Å²) in [5.74, 6) is 0.0811. The van der Waals surface area contributed by atoms with Crippen molar-refractivity contribution in [2.45, 2.75) is 25.8 Å². The summed E-state index contributed by atoms with van der Waals surface area (Å²) in [7, 11) is 0. The zero-order valence-corrected chi connectivity index (χ0v) is 12.6. The van der Waals surface area contributed by atoms with Crippen LogP contribution in [0.15, 0.2) is 24.3 Å². The molecule has 2 N–H and O–H groups in total. The predicted molar refractivity (Wildman–Crippen MR) is 83.1 cm³/mol. The number of halogens is 1. The van der Waals surface area contributed by atoms with E-state index in [1.807, 2.05) is 36.1 Å². The number of nitrogens with zero attached hydrogens (tertiary/aromatic N) is 2. The standard InChI is InChI=1S/C15H22ClN3O/c1-2-4-14(17)15(20)19-9-7-18(8-10-19)13-6-3-5-12(16)11-13/h3,5-6,11,14H,2,4,7-10,17H2,1H3. The number of rotatable bonds is 4. The lowest BCUT2D eigenvalue weighted by molar-refractivity contribution is -0.133. The van der Waals surface area contributed by atoms with Crippen LogP contribution in [0.1, 0.15) is 19.8 Å². The number of hydrogen-bond acceptors (Lipinski definition) is 3. The molecule has 0 radical (unpaired) electrons. The van der Waals surface area contributed by atoms with Gasteiger partial charge < -0.3 is 15.5 Å². The summed E-state index contributed by atoms with van der Waals surface area (Å²) in [6.07, 6.45) is 1.70. The van der Waals surface area contributed by atoms with E-state index in [9.17, 15) is 4.79 Å². The van der Waals surface area contributed by atoms with Gasteiger partial charge in [0.1, 0.15) is 0 Å². The molecule has 0 bridgehead atoms. The van der Waals surface area contributed by atoms with Crippen molar-refractivity contribution in [1.82, 2.24) is 4.90 Å². The zero-order valence-electron chi connectivity index (χ0n) is 11.9. The SMILES string of the molecule is CCCC(N)C(=O)N1CCN(c2cccc(Cl)c2)CC1. The Bertz CT molecular complexity index is 458. The normalized spacial score (nSPS) is 17.1. The molecule has 1 unspecified atom stereocenters. The van der Waals surface area contributed by atoms with E-state index in [4.69, 9.17) is 17.3 Å². The quantitative estimate of drug-likeness (QED) is 0.925. The van der Waals surface area contributed by atoms with E-state index in [1.54, 1.807) is 0 Å². The van der Waals surface area contributed by atoms with Gasteiger partial charge in [0.2, 0.25) is 5.91 Å². The van der Waals surface area contributed by atoms with E-state index in [0.29, 0.717) is 0 Å². The molecule has 1 aromatic rings. The van der Waals surface area contributed by atoms with Crippen molar-refractivity contribution >= 4 is 23.2 Å². The number of nitrogens with two attached hydrogens (primary N) is 1. The number of hydrogen-bond donors (Lipinski definition) is 1. The molecule has 1 aliphatic heterocycles. The topological polar surface area (TPSA) is 49.6 Å². The second-order valence-corrected chi connectivity index (χ2v) is 5.62. The Labute approximate surface area is 125 Å². The molecule has 110 valence electrons. The van der Waals surface area contributed by atoms with Gasteiger partial charge in [-0.3, -0.25) is 4.79 Å². The molecule has 0 spiro atoms. The van der Waals surface area contributed by atoms with Gasteiger partial charge in [-0.05, 0) is 24.6 Å². The fourth-order valence-corrected chi connectivity index (χ4v) is 2.71. The van der Waals surface area contributed by atoms with Crippen molar-refractivity contribution in [3.8, 4) is 0 Å².